The van der Waals surface area contributed by atoms with E-state index in [1.165, 1.54) is 6.07 Å². The molecule has 0 saturated carbocycles. The highest BCUT2D eigenvalue weighted by Crippen LogP contribution is 2.06. The summed E-state index contributed by atoms with van der Waals surface area (Å²) >= 11 is 0. The van der Waals surface area contributed by atoms with Gasteiger partial charge in [-0.05, 0) is 19.0 Å². The molecule has 0 aromatic heterocycles. The van der Waals surface area contributed by atoms with Crippen LogP contribution in [0.1, 0.15) is 12.0 Å². The van der Waals surface area contributed by atoms with Crippen LogP contribution in [0.4, 0.5) is 4.39 Å². The lowest BCUT2D eigenvalue weighted by atomic mass is 10.2. The fourth-order valence-corrected chi connectivity index (χ4v) is 1.93. The van der Waals surface area contributed by atoms with Crippen molar-refractivity contribution in [2.24, 2.45) is 0 Å². The van der Waals surface area contributed by atoms with Crippen LogP contribution >= 0.6 is 0 Å². The molecule has 94 valence electrons. The average Bonchev–Trinajstić information content (AvgIpc) is 2.38. The van der Waals surface area contributed by atoms with Crippen molar-refractivity contribution in [1.82, 2.24) is 10.6 Å². The predicted octanol–water partition coefficient (Wildman–Crippen LogP) is 1.29. The molecule has 1 aliphatic rings. The largest absolute Gasteiger partial charge is 0.376 e. The Morgan fingerprint density at radius 3 is 3.06 bits per heavy atom. The third-order valence-electron chi connectivity index (χ3n) is 2.92. The fourth-order valence-electron chi connectivity index (χ4n) is 1.93. The topological polar surface area (TPSA) is 33.3 Å². The monoisotopic (exact) mass is 238 g/mol. The van der Waals surface area contributed by atoms with Crippen molar-refractivity contribution >= 4 is 0 Å². The number of rotatable bonds is 5. The van der Waals surface area contributed by atoms with Crippen LogP contribution in [0.5, 0.6) is 0 Å². The molecule has 2 rings (SSSR count). The number of hydrogen-bond acceptors (Lipinski definition) is 3. The zero-order chi connectivity index (χ0) is 11.9. The van der Waals surface area contributed by atoms with Gasteiger partial charge in [0.1, 0.15) is 5.82 Å². The fraction of sp³-hybridized carbons (Fsp3) is 0.538. The summed E-state index contributed by atoms with van der Waals surface area (Å²) in [5.41, 5.74) is 0.718. The van der Waals surface area contributed by atoms with Crippen molar-refractivity contribution in [3.8, 4) is 0 Å². The number of nitrogens with one attached hydrogen (secondary N) is 2. The standard InChI is InChI=1S/C13H19FN2O/c14-13-4-2-1-3-11(13)9-15-6-5-12-10-16-7-8-17-12/h1-4,12,15-16H,5-10H2. The zero-order valence-corrected chi connectivity index (χ0v) is 9.92. The van der Waals surface area contributed by atoms with Crippen LogP contribution in [0, 0.1) is 5.82 Å². The molecule has 1 aromatic rings. The van der Waals surface area contributed by atoms with Gasteiger partial charge in [0, 0.05) is 25.2 Å². The summed E-state index contributed by atoms with van der Waals surface area (Å²) in [5.74, 6) is -0.143. The summed E-state index contributed by atoms with van der Waals surface area (Å²) in [5, 5.41) is 6.53. The van der Waals surface area contributed by atoms with Gasteiger partial charge in [-0.2, -0.15) is 0 Å². The van der Waals surface area contributed by atoms with Gasteiger partial charge in [0.15, 0.2) is 0 Å². The van der Waals surface area contributed by atoms with Crippen LogP contribution in [0.3, 0.4) is 0 Å². The minimum absolute atomic E-state index is 0.143. The van der Waals surface area contributed by atoms with E-state index in [0.717, 1.165) is 38.2 Å². The molecule has 1 unspecified atom stereocenters. The first-order valence-corrected chi connectivity index (χ1v) is 6.12. The van der Waals surface area contributed by atoms with Gasteiger partial charge in [-0.25, -0.2) is 4.39 Å². The normalized spacial score (nSPS) is 20.4. The van der Waals surface area contributed by atoms with E-state index in [4.69, 9.17) is 4.74 Å². The van der Waals surface area contributed by atoms with E-state index in [-0.39, 0.29) is 11.9 Å². The maximum atomic E-state index is 13.3. The molecule has 1 aromatic carbocycles. The number of benzene rings is 1. The summed E-state index contributed by atoms with van der Waals surface area (Å²) in [6.07, 6.45) is 1.25. The summed E-state index contributed by atoms with van der Waals surface area (Å²) in [7, 11) is 0. The molecular weight excluding hydrogens is 219 g/mol. The van der Waals surface area contributed by atoms with Crippen LogP contribution in [0.2, 0.25) is 0 Å². The highest BCUT2D eigenvalue weighted by Gasteiger charge is 2.12. The van der Waals surface area contributed by atoms with Gasteiger partial charge >= 0.3 is 0 Å². The molecule has 0 bridgehead atoms. The quantitative estimate of drug-likeness (QED) is 0.758. The minimum atomic E-state index is -0.143. The summed E-state index contributed by atoms with van der Waals surface area (Å²) in [4.78, 5) is 0. The average molecular weight is 238 g/mol. The highest BCUT2D eigenvalue weighted by atomic mass is 19.1. The van der Waals surface area contributed by atoms with E-state index in [9.17, 15) is 4.39 Å². The lowest BCUT2D eigenvalue weighted by Crippen LogP contribution is -2.39. The Bertz CT molecular complexity index is 340. The summed E-state index contributed by atoms with van der Waals surface area (Å²) in [6.45, 7) is 4.08. The first kappa shape index (κ1) is 12.5. The van der Waals surface area contributed by atoms with Gasteiger partial charge in [-0.1, -0.05) is 18.2 Å². The maximum Gasteiger partial charge on any atom is 0.127 e. The minimum Gasteiger partial charge on any atom is -0.376 e. The van der Waals surface area contributed by atoms with Gasteiger partial charge in [-0.3, -0.25) is 0 Å². The van der Waals surface area contributed by atoms with E-state index in [1.807, 2.05) is 6.07 Å². The zero-order valence-electron chi connectivity index (χ0n) is 9.92. The highest BCUT2D eigenvalue weighted by molar-refractivity contribution is 5.16. The van der Waals surface area contributed by atoms with Crippen molar-refractivity contribution in [3.05, 3.63) is 35.6 Å². The van der Waals surface area contributed by atoms with Crippen molar-refractivity contribution < 1.29 is 9.13 Å². The number of hydrogen-bond donors (Lipinski definition) is 2. The van der Waals surface area contributed by atoms with Crippen molar-refractivity contribution in [2.75, 3.05) is 26.2 Å². The molecule has 0 amide bonds. The van der Waals surface area contributed by atoms with E-state index >= 15 is 0 Å². The lowest BCUT2D eigenvalue weighted by Gasteiger charge is -2.23. The Hall–Kier alpha value is -0.970. The van der Waals surface area contributed by atoms with Crippen LogP contribution in [0.15, 0.2) is 24.3 Å². The van der Waals surface area contributed by atoms with Gasteiger partial charge in [0.05, 0.1) is 12.7 Å². The Kier molecular flexibility index (Phi) is 4.91. The van der Waals surface area contributed by atoms with Crippen molar-refractivity contribution in [3.63, 3.8) is 0 Å². The molecule has 1 fully saturated rings. The maximum absolute atomic E-state index is 13.3. The molecule has 17 heavy (non-hydrogen) atoms. The Labute approximate surface area is 101 Å². The van der Waals surface area contributed by atoms with E-state index in [0.29, 0.717) is 6.54 Å². The van der Waals surface area contributed by atoms with Crippen LogP contribution < -0.4 is 10.6 Å². The first-order chi connectivity index (χ1) is 8.36. The third kappa shape index (κ3) is 4.07. The molecule has 3 nitrogen and oxygen atoms in total. The van der Waals surface area contributed by atoms with Crippen molar-refractivity contribution in [2.45, 2.75) is 19.1 Å². The number of halogens is 1. The van der Waals surface area contributed by atoms with Gasteiger partial charge in [0.25, 0.3) is 0 Å². The molecule has 0 aliphatic carbocycles. The van der Waals surface area contributed by atoms with E-state index in [1.54, 1.807) is 12.1 Å². The second kappa shape index (κ2) is 6.69. The third-order valence-corrected chi connectivity index (χ3v) is 2.92. The molecule has 1 atom stereocenters. The van der Waals surface area contributed by atoms with E-state index in [2.05, 4.69) is 10.6 Å². The second-order valence-corrected chi connectivity index (χ2v) is 4.25. The Balaban J connectivity index is 1.64. The molecule has 1 aliphatic heterocycles. The second-order valence-electron chi connectivity index (χ2n) is 4.25. The lowest BCUT2D eigenvalue weighted by molar-refractivity contribution is 0.0238. The number of ether oxygens (including phenoxy) is 1. The Morgan fingerprint density at radius 1 is 1.41 bits per heavy atom. The molecule has 4 heteroatoms. The van der Waals surface area contributed by atoms with Crippen LogP contribution in [-0.2, 0) is 11.3 Å². The first-order valence-electron chi connectivity index (χ1n) is 6.12. The number of morpholine rings is 1. The predicted molar refractivity (Wildman–Crippen MR) is 65.3 cm³/mol. The SMILES string of the molecule is Fc1ccccc1CNCCC1CNCCO1. The Morgan fingerprint density at radius 2 is 2.29 bits per heavy atom. The van der Waals surface area contributed by atoms with Gasteiger partial charge in [-0.15, -0.1) is 0 Å². The van der Waals surface area contributed by atoms with Crippen molar-refractivity contribution in [1.29, 1.82) is 0 Å². The molecule has 2 N–H and O–H groups in total. The van der Waals surface area contributed by atoms with Crippen LogP contribution in [-0.4, -0.2) is 32.3 Å². The smallest absolute Gasteiger partial charge is 0.127 e. The summed E-state index contributed by atoms with van der Waals surface area (Å²) in [6, 6.07) is 6.86. The van der Waals surface area contributed by atoms with Gasteiger partial charge in [0.2, 0.25) is 0 Å². The molecule has 0 spiro atoms. The molecular formula is C13H19FN2O. The summed E-state index contributed by atoms with van der Waals surface area (Å²) < 4.78 is 18.9. The molecule has 1 saturated heterocycles. The molecule has 1 heterocycles. The van der Waals surface area contributed by atoms with Crippen LogP contribution in [0.25, 0.3) is 0 Å². The van der Waals surface area contributed by atoms with E-state index < -0.39 is 0 Å². The molecule has 0 radical (unpaired) electrons. The van der Waals surface area contributed by atoms with Gasteiger partial charge < -0.3 is 15.4 Å².